The minimum Gasteiger partial charge on any atom is -0.378 e. The van der Waals surface area contributed by atoms with Crippen LogP contribution in [0.3, 0.4) is 0 Å². The molecule has 0 amide bonds. The molecule has 0 spiro atoms. The molecule has 102 valence electrons. The zero-order valence-electron chi connectivity index (χ0n) is 11.2. The van der Waals surface area contributed by atoms with Crippen LogP contribution in [0.1, 0.15) is 49.9 Å². The standard InChI is InChI=1S/C14H22BrNOS/c1-3-8-16-12(13-11(15)5-9-18-13)10-14(17-2)6-4-7-14/h5,9,12,16H,3-4,6-8,10H2,1-2H3. The Balaban J connectivity index is 2.08. The highest BCUT2D eigenvalue weighted by Crippen LogP contribution is 2.43. The smallest absolute Gasteiger partial charge is 0.0697 e. The Labute approximate surface area is 122 Å². The lowest BCUT2D eigenvalue weighted by atomic mass is 9.75. The van der Waals surface area contributed by atoms with Crippen molar-refractivity contribution in [3.8, 4) is 0 Å². The van der Waals surface area contributed by atoms with Crippen LogP contribution < -0.4 is 5.32 Å². The quantitative estimate of drug-likeness (QED) is 0.793. The van der Waals surface area contributed by atoms with Gasteiger partial charge in [-0.15, -0.1) is 11.3 Å². The summed E-state index contributed by atoms with van der Waals surface area (Å²) >= 11 is 5.49. The van der Waals surface area contributed by atoms with Gasteiger partial charge < -0.3 is 10.1 Å². The third kappa shape index (κ3) is 3.16. The molecule has 0 saturated heterocycles. The molecule has 2 nitrogen and oxygen atoms in total. The largest absolute Gasteiger partial charge is 0.378 e. The molecular weight excluding hydrogens is 310 g/mol. The summed E-state index contributed by atoms with van der Waals surface area (Å²) in [4.78, 5) is 1.41. The van der Waals surface area contributed by atoms with Gasteiger partial charge in [0.1, 0.15) is 0 Å². The Hall–Kier alpha value is 0.100. The van der Waals surface area contributed by atoms with Crippen LogP contribution in [0.4, 0.5) is 0 Å². The molecule has 1 N–H and O–H groups in total. The second-order valence-electron chi connectivity index (χ2n) is 5.08. The average Bonchev–Trinajstić information content (AvgIpc) is 2.74. The number of rotatable bonds is 7. The molecule has 1 heterocycles. The van der Waals surface area contributed by atoms with Gasteiger partial charge >= 0.3 is 0 Å². The van der Waals surface area contributed by atoms with E-state index in [1.54, 1.807) is 0 Å². The van der Waals surface area contributed by atoms with Gasteiger partial charge in [-0.3, -0.25) is 0 Å². The molecule has 18 heavy (non-hydrogen) atoms. The Morgan fingerprint density at radius 3 is 2.78 bits per heavy atom. The monoisotopic (exact) mass is 331 g/mol. The first-order valence-electron chi connectivity index (χ1n) is 6.72. The van der Waals surface area contributed by atoms with E-state index in [1.807, 2.05) is 18.4 Å². The normalized spacial score (nSPS) is 19.5. The highest BCUT2D eigenvalue weighted by Gasteiger charge is 2.39. The summed E-state index contributed by atoms with van der Waals surface area (Å²) in [7, 11) is 1.86. The lowest BCUT2D eigenvalue weighted by Gasteiger charge is -2.43. The van der Waals surface area contributed by atoms with Crippen molar-refractivity contribution in [2.75, 3.05) is 13.7 Å². The highest BCUT2D eigenvalue weighted by atomic mass is 79.9. The maximum Gasteiger partial charge on any atom is 0.0697 e. The molecule has 1 atom stereocenters. The molecule has 1 aliphatic rings. The average molecular weight is 332 g/mol. The Morgan fingerprint density at radius 1 is 1.56 bits per heavy atom. The zero-order chi connectivity index (χ0) is 13.0. The van der Waals surface area contributed by atoms with Crippen LogP contribution in [0.2, 0.25) is 0 Å². The van der Waals surface area contributed by atoms with Crippen molar-refractivity contribution in [3.63, 3.8) is 0 Å². The predicted molar refractivity (Wildman–Crippen MR) is 81.3 cm³/mol. The van der Waals surface area contributed by atoms with Crippen molar-refractivity contribution in [2.45, 2.75) is 50.7 Å². The van der Waals surface area contributed by atoms with Gasteiger partial charge in [0, 0.05) is 22.5 Å². The number of thiophene rings is 1. The van der Waals surface area contributed by atoms with E-state index in [0.29, 0.717) is 6.04 Å². The van der Waals surface area contributed by atoms with Crippen molar-refractivity contribution in [3.05, 3.63) is 20.8 Å². The van der Waals surface area contributed by atoms with Gasteiger partial charge in [0.25, 0.3) is 0 Å². The lowest BCUT2D eigenvalue weighted by Crippen LogP contribution is -2.42. The molecule has 1 fully saturated rings. The van der Waals surface area contributed by atoms with Crippen molar-refractivity contribution >= 4 is 27.3 Å². The Kier molecular flexibility index (Phi) is 5.24. The second kappa shape index (κ2) is 6.51. The van der Waals surface area contributed by atoms with E-state index in [9.17, 15) is 0 Å². The maximum atomic E-state index is 5.77. The first-order chi connectivity index (χ1) is 8.71. The lowest BCUT2D eigenvalue weighted by molar-refractivity contribution is -0.0836. The number of ether oxygens (including phenoxy) is 1. The molecule has 1 aromatic heterocycles. The van der Waals surface area contributed by atoms with E-state index in [0.717, 1.165) is 13.0 Å². The van der Waals surface area contributed by atoms with E-state index >= 15 is 0 Å². The molecule has 0 aromatic carbocycles. The minimum atomic E-state index is 0.120. The van der Waals surface area contributed by atoms with Gasteiger partial charge in [-0.1, -0.05) is 6.92 Å². The Bertz CT molecular complexity index is 370. The van der Waals surface area contributed by atoms with Crippen LogP contribution in [0.15, 0.2) is 15.9 Å². The van der Waals surface area contributed by atoms with Gasteiger partial charge in [-0.2, -0.15) is 0 Å². The van der Waals surface area contributed by atoms with E-state index < -0.39 is 0 Å². The van der Waals surface area contributed by atoms with Crippen molar-refractivity contribution in [1.29, 1.82) is 0 Å². The first-order valence-corrected chi connectivity index (χ1v) is 8.39. The Morgan fingerprint density at radius 2 is 2.33 bits per heavy atom. The van der Waals surface area contributed by atoms with Gasteiger partial charge in [0.15, 0.2) is 0 Å². The number of nitrogens with one attached hydrogen (secondary N) is 1. The van der Waals surface area contributed by atoms with Gasteiger partial charge in [0.2, 0.25) is 0 Å². The van der Waals surface area contributed by atoms with Crippen LogP contribution in [0.5, 0.6) is 0 Å². The summed E-state index contributed by atoms with van der Waals surface area (Å²) in [5.41, 5.74) is 0.120. The molecule has 0 radical (unpaired) electrons. The molecule has 1 aliphatic carbocycles. The summed E-state index contributed by atoms with van der Waals surface area (Å²) in [6, 6.07) is 2.56. The molecule has 1 saturated carbocycles. The summed E-state index contributed by atoms with van der Waals surface area (Å²) in [5.74, 6) is 0. The van der Waals surface area contributed by atoms with Gasteiger partial charge in [-0.25, -0.2) is 0 Å². The van der Waals surface area contributed by atoms with Crippen molar-refractivity contribution in [2.24, 2.45) is 0 Å². The fourth-order valence-corrected chi connectivity index (χ4v) is 4.29. The van der Waals surface area contributed by atoms with E-state index in [-0.39, 0.29) is 5.60 Å². The van der Waals surface area contributed by atoms with Crippen LogP contribution in [-0.2, 0) is 4.74 Å². The molecule has 1 aromatic rings. The highest BCUT2D eigenvalue weighted by molar-refractivity contribution is 9.10. The third-order valence-corrected chi connectivity index (χ3v) is 5.86. The van der Waals surface area contributed by atoms with Crippen LogP contribution in [-0.4, -0.2) is 19.3 Å². The van der Waals surface area contributed by atoms with Crippen LogP contribution >= 0.6 is 27.3 Å². The fourth-order valence-electron chi connectivity index (χ4n) is 2.56. The van der Waals surface area contributed by atoms with Crippen LogP contribution in [0, 0.1) is 0 Å². The maximum absolute atomic E-state index is 5.77. The van der Waals surface area contributed by atoms with Crippen LogP contribution in [0.25, 0.3) is 0 Å². The topological polar surface area (TPSA) is 21.3 Å². The predicted octanol–water partition coefficient (Wildman–Crippen LogP) is 4.51. The zero-order valence-corrected chi connectivity index (χ0v) is 13.6. The molecule has 0 bridgehead atoms. The number of hydrogen-bond donors (Lipinski definition) is 1. The molecule has 2 rings (SSSR count). The van der Waals surface area contributed by atoms with E-state index in [4.69, 9.17) is 4.74 Å². The van der Waals surface area contributed by atoms with Crippen molar-refractivity contribution < 1.29 is 4.74 Å². The first kappa shape index (κ1) is 14.5. The van der Waals surface area contributed by atoms with E-state index in [1.165, 1.54) is 35.0 Å². The summed E-state index contributed by atoms with van der Waals surface area (Å²) in [5, 5.41) is 5.82. The summed E-state index contributed by atoms with van der Waals surface area (Å²) in [6.45, 7) is 3.28. The molecule has 1 unspecified atom stereocenters. The minimum absolute atomic E-state index is 0.120. The molecule has 0 aliphatic heterocycles. The fraction of sp³-hybridized carbons (Fsp3) is 0.714. The summed E-state index contributed by atoms with van der Waals surface area (Å²) < 4.78 is 7.00. The van der Waals surface area contributed by atoms with E-state index in [2.05, 4.69) is 39.6 Å². The van der Waals surface area contributed by atoms with Gasteiger partial charge in [-0.05, 0) is 66.0 Å². The van der Waals surface area contributed by atoms with Gasteiger partial charge in [0.05, 0.1) is 5.60 Å². The SMILES string of the molecule is CCCNC(CC1(OC)CCC1)c1sccc1Br. The third-order valence-electron chi connectivity index (χ3n) is 3.88. The number of methoxy groups -OCH3 is 1. The molecular formula is C14H22BrNOS. The number of halogens is 1. The number of hydrogen-bond acceptors (Lipinski definition) is 3. The second-order valence-corrected chi connectivity index (χ2v) is 6.89. The molecule has 4 heteroatoms. The van der Waals surface area contributed by atoms with Crippen molar-refractivity contribution in [1.82, 2.24) is 5.32 Å². The summed E-state index contributed by atoms with van der Waals surface area (Å²) in [6.07, 6.45) is 5.97.